The lowest BCUT2D eigenvalue weighted by molar-refractivity contribution is 0.0433. The van der Waals surface area contributed by atoms with Gasteiger partial charge in [0.25, 0.3) is 0 Å². The predicted octanol–water partition coefficient (Wildman–Crippen LogP) is 4.33. The molecule has 3 aromatic heterocycles. The molecule has 0 radical (unpaired) electrons. The standard InChI is InChI=1S/C28H35ClN6O6S/c1-15-24(42-19-6-9-35-12-17(25(37)38)31-23(35)20(19)29)32-18(13-36)22(30-15)34-10-7-28(8-11-34)14-40-16(2)21(28)33-26(39)41-27(3,4)5/h6,9,12,16,21,36H,7-8,10-11,13-14H2,1-5H3,(H,33,39)(H,37,38)/t16-,21+/m0/s1. The molecule has 2 fully saturated rings. The third-order valence-electron chi connectivity index (χ3n) is 7.68. The normalized spacial score (nSPS) is 20.3. The molecule has 12 nitrogen and oxygen atoms in total. The zero-order valence-electron chi connectivity index (χ0n) is 24.2. The molecule has 1 spiro atoms. The molecule has 42 heavy (non-hydrogen) atoms. The van der Waals surface area contributed by atoms with Gasteiger partial charge in [-0.2, -0.15) is 0 Å². The number of ether oxygens (including phenoxy) is 2. The van der Waals surface area contributed by atoms with E-state index in [1.165, 1.54) is 18.0 Å². The molecule has 5 heterocycles. The Morgan fingerprint density at radius 2 is 1.98 bits per heavy atom. The number of fused-ring (bicyclic) bond motifs is 1. The van der Waals surface area contributed by atoms with Crippen LogP contribution < -0.4 is 10.2 Å². The van der Waals surface area contributed by atoms with E-state index in [2.05, 4.69) is 15.2 Å². The molecule has 0 saturated carbocycles. The summed E-state index contributed by atoms with van der Waals surface area (Å²) in [6.45, 7) is 10.9. The van der Waals surface area contributed by atoms with Gasteiger partial charge in [-0.05, 0) is 53.5 Å². The molecule has 0 aliphatic carbocycles. The molecule has 226 valence electrons. The van der Waals surface area contributed by atoms with Gasteiger partial charge in [-0.15, -0.1) is 0 Å². The fourth-order valence-electron chi connectivity index (χ4n) is 5.57. The van der Waals surface area contributed by atoms with E-state index in [-0.39, 0.29) is 29.9 Å². The van der Waals surface area contributed by atoms with Crippen LogP contribution in [0.1, 0.15) is 62.4 Å². The van der Waals surface area contributed by atoms with Gasteiger partial charge in [0.05, 0.1) is 36.1 Å². The average Bonchev–Trinajstić information content (AvgIpc) is 3.49. The molecule has 3 N–H and O–H groups in total. The van der Waals surface area contributed by atoms with Crippen LogP contribution in [0.25, 0.3) is 5.65 Å². The number of rotatable bonds is 6. The second-order valence-corrected chi connectivity index (χ2v) is 13.2. The molecule has 1 amide bonds. The minimum absolute atomic E-state index is 0.101. The summed E-state index contributed by atoms with van der Waals surface area (Å²) in [5.41, 5.74) is 0.524. The molecule has 14 heteroatoms. The van der Waals surface area contributed by atoms with Gasteiger partial charge in [0.15, 0.2) is 17.2 Å². The van der Waals surface area contributed by atoms with Crippen LogP contribution in [0.5, 0.6) is 0 Å². The largest absolute Gasteiger partial charge is 0.476 e. The molecule has 5 rings (SSSR count). The number of aliphatic hydroxyl groups excluding tert-OH is 1. The number of hydrogen-bond donors (Lipinski definition) is 3. The lowest BCUT2D eigenvalue weighted by atomic mass is 9.73. The summed E-state index contributed by atoms with van der Waals surface area (Å²) in [6, 6.07) is 1.58. The number of halogens is 1. The average molecular weight is 619 g/mol. The smallest absolute Gasteiger partial charge is 0.407 e. The minimum atomic E-state index is -1.14. The van der Waals surface area contributed by atoms with Crippen LogP contribution in [-0.4, -0.2) is 79.1 Å². The Kier molecular flexibility index (Phi) is 8.31. The Morgan fingerprint density at radius 3 is 2.62 bits per heavy atom. The Bertz CT molecular complexity index is 1520. The zero-order chi connectivity index (χ0) is 30.4. The van der Waals surface area contributed by atoms with Gasteiger partial charge >= 0.3 is 12.1 Å². The Morgan fingerprint density at radius 1 is 1.26 bits per heavy atom. The van der Waals surface area contributed by atoms with Crippen molar-refractivity contribution < 1.29 is 29.3 Å². The van der Waals surface area contributed by atoms with E-state index in [9.17, 15) is 19.8 Å². The highest BCUT2D eigenvalue weighted by atomic mass is 35.5. The third-order valence-corrected chi connectivity index (χ3v) is 9.30. The number of carboxylic acids is 1. The number of carboxylic acid groups (broad SMARTS) is 1. The second kappa shape index (κ2) is 11.5. The lowest BCUT2D eigenvalue weighted by Crippen LogP contribution is -2.55. The van der Waals surface area contributed by atoms with Crippen LogP contribution >= 0.6 is 23.4 Å². The van der Waals surface area contributed by atoms with Crippen LogP contribution in [0.15, 0.2) is 28.4 Å². The zero-order valence-corrected chi connectivity index (χ0v) is 25.8. The molecule has 2 saturated heterocycles. The lowest BCUT2D eigenvalue weighted by Gasteiger charge is -2.43. The number of nitrogens with one attached hydrogen (secondary N) is 1. The van der Waals surface area contributed by atoms with Crippen LogP contribution in [-0.2, 0) is 16.1 Å². The summed E-state index contributed by atoms with van der Waals surface area (Å²) in [5.74, 6) is -0.513. The van der Waals surface area contributed by atoms with E-state index in [4.69, 9.17) is 31.0 Å². The van der Waals surface area contributed by atoms with E-state index < -0.39 is 17.7 Å². The van der Waals surface area contributed by atoms with Crippen LogP contribution in [0, 0.1) is 12.3 Å². The monoisotopic (exact) mass is 618 g/mol. The van der Waals surface area contributed by atoms with Gasteiger partial charge in [-0.25, -0.2) is 24.5 Å². The summed E-state index contributed by atoms with van der Waals surface area (Å²) in [4.78, 5) is 40.4. The first-order valence-electron chi connectivity index (χ1n) is 13.7. The van der Waals surface area contributed by atoms with Crippen LogP contribution in [0.4, 0.5) is 10.6 Å². The van der Waals surface area contributed by atoms with Crippen molar-refractivity contribution in [3.63, 3.8) is 0 Å². The molecule has 0 aromatic carbocycles. The van der Waals surface area contributed by atoms with Crippen LogP contribution in [0.3, 0.4) is 0 Å². The van der Waals surface area contributed by atoms with Crippen molar-refractivity contribution >= 4 is 46.9 Å². The molecule has 2 aliphatic rings. The van der Waals surface area contributed by atoms with E-state index in [1.807, 2.05) is 34.6 Å². The number of nitrogens with zero attached hydrogens (tertiary/aromatic N) is 5. The number of aromatic carboxylic acids is 1. The van der Waals surface area contributed by atoms with Crippen molar-refractivity contribution in [3.8, 4) is 0 Å². The van der Waals surface area contributed by atoms with Crippen molar-refractivity contribution in [1.29, 1.82) is 0 Å². The summed E-state index contributed by atoms with van der Waals surface area (Å²) >= 11 is 7.86. The van der Waals surface area contributed by atoms with Gasteiger partial charge in [0.1, 0.15) is 16.3 Å². The first-order chi connectivity index (χ1) is 19.8. The number of aliphatic hydroxyl groups is 1. The van der Waals surface area contributed by atoms with Crippen molar-refractivity contribution in [3.05, 3.63) is 40.6 Å². The third kappa shape index (κ3) is 6.01. The van der Waals surface area contributed by atoms with E-state index in [0.29, 0.717) is 57.5 Å². The number of pyridine rings is 1. The number of carbonyl (C=O) groups excluding carboxylic acids is 1. The van der Waals surface area contributed by atoms with Crippen LogP contribution in [0.2, 0.25) is 5.02 Å². The number of hydrogen-bond acceptors (Lipinski definition) is 10. The topological polar surface area (TPSA) is 151 Å². The highest BCUT2D eigenvalue weighted by Gasteiger charge is 2.50. The molecule has 0 unspecified atom stereocenters. The summed E-state index contributed by atoms with van der Waals surface area (Å²) in [5, 5.41) is 23.4. The molecular weight excluding hydrogens is 584 g/mol. The quantitative estimate of drug-likeness (QED) is 0.362. The van der Waals surface area contributed by atoms with Gasteiger partial charge in [-0.1, -0.05) is 23.4 Å². The number of piperidine rings is 1. The molecule has 3 aromatic rings. The van der Waals surface area contributed by atoms with Gasteiger partial charge in [0.2, 0.25) is 0 Å². The summed E-state index contributed by atoms with van der Waals surface area (Å²) in [6.07, 6.45) is 4.03. The van der Waals surface area contributed by atoms with E-state index in [1.54, 1.807) is 16.7 Å². The number of alkyl carbamates (subject to hydrolysis) is 1. The molecule has 0 bridgehead atoms. The molecule has 2 atom stereocenters. The maximum Gasteiger partial charge on any atom is 0.407 e. The number of aromatic nitrogens is 4. The Hall–Kier alpha value is -3.13. The second-order valence-electron chi connectivity index (χ2n) is 11.8. The Balaban J connectivity index is 1.32. The molecule has 2 aliphatic heterocycles. The first-order valence-corrected chi connectivity index (χ1v) is 14.9. The minimum Gasteiger partial charge on any atom is -0.476 e. The summed E-state index contributed by atoms with van der Waals surface area (Å²) in [7, 11) is 0. The van der Waals surface area contributed by atoms with Gasteiger partial charge < -0.3 is 34.3 Å². The summed E-state index contributed by atoms with van der Waals surface area (Å²) < 4.78 is 13.1. The maximum atomic E-state index is 12.6. The highest BCUT2D eigenvalue weighted by molar-refractivity contribution is 7.99. The van der Waals surface area contributed by atoms with Gasteiger partial charge in [0, 0.05) is 35.8 Å². The van der Waals surface area contributed by atoms with E-state index in [0.717, 1.165) is 12.8 Å². The highest BCUT2D eigenvalue weighted by Crippen LogP contribution is 2.44. The van der Waals surface area contributed by atoms with Crippen molar-refractivity contribution in [2.45, 2.75) is 81.7 Å². The fraction of sp³-hybridized carbons (Fsp3) is 0.536. The SMILES string of the molecule is Cc1nc(N2CCC3(CC2)CO[C@@H](C)[C@H]3NC(=O)OC(C)(C)C)c(CO)nc1Sc1ccn2cc(C(=O)O)nc2c1Cl. The molecular formula is C28H35ClN6O6S. The van der Waals surface area contributed by atoms with Crippen molar-refractivity contribution in [2.24, 2.45) is 5.41 Å². The number of imidazole rings is 1. The van der Waals surface area contributed by atoms with Crippen molar-refractivity contribution in [1.82, 2.24) is 24.7 Å². The maximum absolute atomic E-state index is 12.6. The number of anilines is 1. The first kappa shape index (κ1) is 30.3. The van der Waals surface area contributed by atoms with E-state index >= 15 is 0 Å². The Labute approximate surface area is 252 Å². The predicted molar refractivity (Wildman–Crippen MR) is 156 cm³/mol. The van der Waals surface area contributed by atoms with Crippen molar-refractivity contribution in [2.75, 3.05) is 24.6 Å². The number of amides is 1. The number of carbonyl (C=O) groups is 2. The van der Waals surface area contributed by atoms with Gasteiger partial charge in [-0.3, -0.25) is 0 Å². The fourth-order valence-corrected chi connectivity index (χ4v) is 6.76. The number of aryl methyl sites for hydroxylation is 1.